The van der Waals surface area contributed by atoms with E-state index in [4.69, 9.17) is 28.9 Å². The number of hydrogen-bond donors (Lipinski definition) is 1. The fourth-order valence-electron chi connectivity index (χ4n) is 1.22. The first-order valence-electron chi connectivity index (χ1n) is 4.41. The van der Waals surface area contributed by atoms with Crippen molar-refractivity contribution in [3.05, 3.63) is 33.8 Å². The average Bonchev–Trinajstić information content (AvgIpc) is 2.12. The highest BCUT2D eigenvalue weighted by molar-refractivity contribution is 6.33. The second-order valence-electron chi connectivity index (χ2n) is 3.11. The fourth-order valence-corrected chi connectivity index (χ4v) is 1.61. The first-order valence-corrected chi connectivity index (χ1v) is 5.17. The van der Waals surface area contributed by atoms with Crippen LogP contribution in [0.2, 0.25) is 10.0 Å². The van der Waals surface area contributed by atoms with Gasteiger partial charge in [0.1, 0.15) is 6.17 Å². The molecule has 0 saturated carbocycles. The summed E-state index contributed by atoms with van der Waals surface area (Å²) in [6.45, 7) is 0.347. The minimum Gasteiger partial charge on any atom is -0.330 e. The Hall–Kier alpha value is -0.310. The number of hydrogen-bond acceptors (Lipinski definition) is 1. The van der Waals surface area contributed by atoms with E-state index in [0.29, 0.717) is 23.0 Å². The lowest BCUT2D eigenvalue weighted by Crippen LogP contribution is -2.11. The van der Waals surface area contributed by atoms with Crippen LogP contribution in [-0.4, -0.2) is 12.7 Å². The van der Waals surface area contributed by atoms with Gasteiger partial charge in [0.15, 0.2) is 0 Å². The molecule has 4 heteroatoms. The molecule has 1 aromatic carbocycles. The molecular formula is C10H12Cl2FN. The molecule has 1 unspecified atom stereocenters. The molecule has 14 heavy (non-hydrogen) atoms. The Labute approximate surface area is 93.0 Å². The van der Waals surface area contributed by atoms with Gasteiger partial charge < -0.3 is 5.73 Å². The van der Waals surface area contributed by atoms with Crippen molar-refractivity contribution >= 4 is 23.2 Å². The fraction of sp³-hybridized carbons (Fsp3) is 0.400. The second kappa shape index (κ2) is 5.54. The Kier molecular flexibility index (Phi) is 4.66. The van der Waals surface area contributed by atoms with Crippen LogP contribution < -0.4 is 5.73 Å². The Balaban J connectivity index is 2.70. The molecule has 78 valence electrons. The average molecular weight is 236 g/mol. The normalized spacial score (nSPS) is 12.9. The lowest BCUT2D eigenvalue weighted by atomic mass is 10.1. The van der Waals surface area contributed by atoms with Crippen LogP contribution in [0.5, 0.6) is 0 Å². The summed E-state index contributed by atoms with van der Waals surface area (Å²) in [7, 11) is 0. The maximum atomic E-state index is 13.2. The largest absolute Gasteiger partial charge is 0.330 e. The van der Waals surface area contributed by atoms with E-state index in [1.54, 1.807) is 18.2 Å². The Bertz CT molecular complexity index is 304. The molecule has 1 rings (SSSR count). The number of halogens is 3. The highest BCUT2D eigenvalue weighted by Crippen LogP contribution is 2.22. The summed E-state index contributed by atoms with van der Waals surface area (Å²) in [5.41, 5.74) is 5.99. The molecule has 0 amide bonds. The molecule has 0 fully saturated rings. The third-order valence-electron chi connectivity index (χ3n) is 1.93. The van der Waals surface area contributed by atoms with Crippen molar-refractivity contribution in [3.63, 3.8) is 0 Å². The predicted octanol–water partition coefficient (Wildman–Crippen LogP) is 3.22. The van der Waals surface area contributed by atoms with E-state index in [1.807, 2.05) is 0 Å². The minimum absolute atomic E-state index is 0.274. The first-order chi connectivity index (χ1) is 6.63. The van der Waals surface area contributed by atoms with Crippen molar-refractivity contribution in [1.82, 2.24) is 0 Å². The Morgan fingerprint density at radius 1 is 1.36 bits per heavy atom. The van der Waals surface area contributed by atoms with E-state index in [0.717, 1.165) is 5.56 Å². The topological polar surface area (TPSA) is 26.0 Å². The van der Waals surface area contributed by atoms with Gasteiger partial charge >= 0.3 is 0 Å². The molecule has 0 bridgehead atoms. The number of alkyl halides is 1. The van der Waals surface area contributed by atoms with Crippen molar-refractivity contribution in [3.8, 4) is 0 Å². The van der Waals surface area contributed by atoms with Gasteiger partial charge in [-0.05, 0) is 36.7 Å². The molecule has 0 spiro atoms. The summed E-state index contributed by atoms with van der Waals surface area (Å²) < 4.78 is 13.2. The molecule has 2 N–H and O–H groups in total. The van der Waals surface area contributed by atoms with E-state index >= 15 is 0 Å². The van der Waals surface area contributed by atoms with Gasteiger partial charge in [0.05, 0.1) is 0 Å². The van der Waals surface area contributed by atoms with Gasteiger partial charge in [-0.25, -0.2) is 4.39 Å². The van der Waals surface area contributed by atoms with Crippen LogP contribution in [-0.2, 0) is 6.42 Å². The Morgan fingerprint density at radius 2 is 2.07 bits per heavy atom. The summed E-state index contributed by atoms with van der Waals surface area (Å²) in [6, 6.07) is 5.05. The van der Waals surface area contributed by atoms with Crippen LogP contribution >= 0.6 is 23.2 Å². The standard InChI is InChI=1S/C10H12Cl2FN/c11-8-1-2-10(12)7(5-8)6-9(13)3-4-14/h1-2,5,9H,3-4,6,14H2. The highest BCUT2D eigenvalue weighted by Gasteiger charge is 2.09. The maximum Gasteiger partial charge on any atom is 0.105 e. The minimum atomic E-state index is -0.948. The van der Waals surface area contributed by atoms with E-state index in [1.165, 1.54) is 0 Å². The second-order valence-corrected chi connectivity index (χ2v) is 3.96. The van der Waals surface area contributed by atoms with E-state index in [9.17, 15) is 4.39 Å². The van der Waals surface area contributed by atoms with E-state index in [2.05, 4.69) is 0 Å². The molecule has 1 nitrogen and oxygen atoms in total. The summed E-state index contributed by atoms with van der Waals surface area (Å²) in [5.74, 6) is 0. The number of benzene rings is 1. The van der Waals surface area contributed by atoms with Crippen LogP contribution in [0.4, 0.5) is 4.39 Å². The molecule has 1 atom stereocenters. The van der Waals surface area contributed by atoms with Gasteiger partial charge in [-0.2, -0.15) is 0 Å². The molecule has 1 aromatic rings. The third kappa shape index (κ3) is 3.45. The number of nitrogens with two attached hydrogens (primary N) is 1. The summed E-state index contributed by atoms with van der Waals surface area (Å²) in [5, 5.41) is 1.12. The molecule has 0 aromatic heterocycles. The molecular weight excluding hydrogens is 224 g/mol. The number of rotatable bonds is 4. The smallest absolute Gasteiger partial charge is 0.105 e. The van der Waals surface area contributed by atoms with Gasteiger partial charge in [-0.1, -0.05) is 23.2 Å². The maximum absolute atomic E-state index is 13.2. The predicted molar refractivity (Wildman–Crippen MR) is 58.7 cm³/mol. The SMILES string of the molecule is NCCC(F)Cc1cc(Cl)ccc1Cl. The Morgan fingerprint density at radius 3 is 2.71 bits per heavy atom. The van der Waals surface area contributed by atoms with Crippen LogP contribution in [0, 0.1) is 0 Å². The zero-order valence-corrected chi connectivity index (χ0v) is 9.15. The lowest BCUT2D eigenvalue weighted by Gasteiger charge is -2.08. The molecule has 0 heterocycles. The van der Waals surface area contributed by atoms with Crippen molar-refractivity contribution < 1.29 is 4.39 Å². The van der Waals surface area contributed by atoms with Gasteiger partial charge in [0.2, 0.25) is 0 Å². The molecule has 0 aliphatic heterocycles. The van der Waals surface area contributed by atoms with Crippen molar-refractivity contribution in [2.75, 3.05) is 6.54 Å². The molecule has 0 radical (unpaired) electrons. The first kappa shape index (κ1) is 11.8. The van der Waals surface area contributed by atoms with Crippen molar-refractivity contribution in [2.24, 2.45) is 5.73 Å². The van der Waals surface area contributed by atoms with Crippen LogP contribution in [0.25, 0.3) is 0 Å². The highest BCUT2D eigenvalue weighted by atomic mass is 35.5. The third-order valence-corrected chi connectivity index (χ3v) is 2.53. The summed E-state index contributed by atoms with van der Waals surface area (Å²) in [6.07, 6.45) is -0.324. The zero-order valence-electron chi connectivity index (χ0n) is 7.64. The lowest BCUT2D eigenvalue weighted by molar-refractivity contribution is 0.316. The summed E-state index contributed by atoms with van der Waals surface area (Å²) in [4.78, 5) is 0. The molecule has 0 aliphatic rings. The van der Waals surface area contributed by atoms with Crippen LogP contribution in [0.15, 0.2) is 18.2 Å². The van der Waals surface area contributed by atoms with Crippen LogP contribution in [0.1, 0.15) is 12.0 Å². The quantitative estimate of drug-likeness (QED) is 0.853. The van der Waals surface area contributed by atoms with Gasteiger partial charge in [-0.3, -0.25) is 0 Å². The monoisotopic (exact) mass is 235 g/mol. The molecule has 0 saturated heterocycles. The van der Waals surface area contributed by atoms with Gasteiger partial charge in [0, 0.05) is 16.5 Å². The molecule has 0 aliphatic carbocycles. The van der Waals surface area contributed by atoms with Crippen LogP contribution in [0.3, 0.4) is 0 Å². The van der Waals surface area contributed by atoms with Gasteiger partial charge in [-0.15, -0.1) is 0 Å². The van der Waals surface area contributed by atoms with Gasteiger partial charge in [0.25, 0.3) is 0 Å². The zero-order chi connectivity index (χ0) is 10.6. The summed E-state index contributed by atoms with van der Waals surface area (Å²) >= 11 is 11.7. The van der Waals surface area contributed by atoms with Crippen molar-refractivity contribution in [1.29, 1.82) is 0 Å². The van der Waals surface area contributed by atoms with E-state index in [-0.39, 0.29) is 6.42 Å². The van der Waals surface area contributed by atoms with E-state index < -0.39 is 6.17 Å². The van der Waals surface area contributed by atoms with Crippen molar-refractivity contribution in [2.45, 2.75) is 19.0 Å².